The lowest BCUT2D eigenvalue weighted by molar-refractivity contribution is 0.0421. The maximum Gasteiger partial charge on any atom is 0.140 e. The first-order valence-corrected chi connectivity index (χ1v) is 5.71. The SMILES string of the molecule is CNCC1CN(c2ccc(C#N)nc2)CCO1. The molecule has 1 N–H and O–H groups in total. The molecule has 1 unspecified atom stereocenters. The molecule has 5 heteroatoms. The monoisotopic (exact) mass is 232 g/mol. The van der Waals surface area contributed by atoms with Gasteiger partial charge in [0.2, 0.25) is 0 Å². The lowest BCUT2D eigenvalue weighted by Crippen LogP contribution is -2.46. The van der Waals surface area contributed by atoms with E-state index in [-0.39, 0.29) is 6.10 Å². The molecule has 1 aliphatic heterocycles. The van der Waals surface area contributed by atoms with E-state index in [1.165, 1.54) is 0 Å². The average Bonchev–Trinajstić information content (AvgIpc) is 2.40. The molecule has 1 aromatic rings. The summed E-state index contributed by atoms with van der Waals surface area (Å²) in [6.07, 6.45) is 1.96. The molecule has 5 nitrogen and oxygen atoms in total. The summed E-state index contributed by atoms with van der Waals surface area (Å²) in [4.78, 5) is 6.32. The molecule has 0 amide bonds. The molecular formula is C12H16N4O. The minimum Gasteiger partial charge on any atom is -0.373 e. The summed E-state index contributed by atoms with van der Waals surface area (Å²) in [6.45, 7) is 3.30. The van der Waals surface area contributed by atoms with E-state index in [1.807, 2.05) is 19.2 Å². The van der Waals surface area contributed by atoms with Crippen molar-refractivity contribution in [2.45, 2.75) is 6.10 Å². The summed E-state index contributed by atoms with van der Waals surface area (Å²) in [5.74, 6) is 0. The minimum absolute atomic E-state index is 0.212. The number of likely N-dealkylation sites (N-methyl/N-ethyl adjacent to an activating group) is 1. The Balaban J connectivity index is 2.03. The molecule has 0 spiro atoms. The number of pyridine rings is 1. The van der Waals surface area contributed by atoms with Gasteiger partial charge in [-0.1, -0.05) is 0 Å². The van der Waals surface area contributed by atoms with E-state index in [0.717, 1.165) is 31.9 Å². The second kappa shape index (κ2) is 5.62. The number of morpholine rings is 1. The number of nitrogens with zero attached hydrogens (tertiary/aromatic N) is 3. The van der Waals surface area contributed by atoms with Crippen LogP contribution in [0.25, 0.3) is 0 Å². The van der Waals surface area contributed by atoms with Gasteiger partial charge in [0.05, 0.1) is 24.6 Å². The van der Waals surface area contributed by atoms with Crippen LogP contribution in [0.3, 0.4) is 0 Å². The molecule has 2 rings (SSSR count). The highest BCUT2D eigenvalue weighted by atomic mass is 16.5. The predicted octanol–water partition coefficient (Wildman–Crippen LogP) is 0.378. The van der Waals surface area contributed by atoms with Crippen molar-refractivity contribution in [3.63, 3.8) is 0 Å². The van der Waals surface area contributed by atoms with E-state index in [0.29, 0.717) is 5.69 Å². The quantitative estimate of drug-likeness (QED) is 0.816. The van der Waals surface area contributed by atoms with Gasteiger partial charge < -0.3 is 15.0 Å². The first kappa shape index (κ1) is 11.8. The van der Waals surface area contributed by atoms with Crippen molar-refractivity contribution in [2.75, 3.05) is 38.2 Å². The number of hydrogen-bond donors (Lipinski definition) is 1. The third kappa shape index (κ3) is 2.93. The Kier molecular flexibility index (Phi) is 3.91. The normalized spacial score (nSPS) is 20.0. The molecule has 0 bridgehead atoms. The van der Waals surface area contributed by atoms with Gasteiger partial charge in [-0.2, -0.15) is 5.26 Å². The molecule has 1 aliphatic rings. The number of nitriles is 1. The maximum absolute atomic E-state index is 8.70. The highest BCUT2D eigenvalue weighted by Crippen LogP contribution is 2.16. The van der Waals surface area contributed by atoms with E-state index in [2.05, 4.69) is 15.2 Å². The Labute approximate surface area is 101 Å². The summed E-state index contributed by atoms with van der Waals surface area (Å²) in [5, 5.41) is 11.8. The molecule has 1 saturated heterocycles. The predicted molar refractivity (Wildman–Crippen MR) is 64.8 cm³/mol. The van der Waals surface area contributed by atoms with Crippen LogP contribution in [-0.2, 0) is 4.74 Å². The van der Waals surface area contributed by atoms with Crippen LogP contribution in [0.1, 0.15) is 5.69 Å². The van der Waals surface area contributed by atoms with Crippen molar-refractivity contribution in [3.8, 4) is 6.07 Å². The van der Waals surface area contributed by atoms with Gasteiger partial charge in [0.15, 0.2) is 0 Å². The fraction of sp³-hybridized carbons (Fsp3) is 0.500. The van der Waals surface area contributed by atoms with Gasteiger partial charge in [0.1, 0.15) is 11.8 Å². The van der Waals surface area contributed by atoms with E-state index >= 15 is 0 Å². The molecule has 17 heavy (non-hydrogen) atoms. The molecule has 0 aromatic carbocycles. The van der Waals surface area contributed by atoms with Gasteiger partial charge in [-0.05, 0) is 19.2 Å². The third-order valence-corrected chi connectivity index (χ3v) is 2.80. The first-order chi connectivity index (χ1) is 8.33. The number of ether oxygens (including phenoxy) is 1. The van der Waals surface area contributed by atoms with Gasteiger partial charge in [-0.15, -0.1) is 0 Å². The summed E-state index contributed by atoms with van der Waals surface area (Å²) >= 11 is 0. The highest BCUT2D eigenvalue weighted by Gasteiger charge is 2.20. The van der Waals surface area contributed by atoms with Crippen molar-refractivity contribution in [1.29, 1.82) is 5.26 Å². The maximum atomic E-state index is 8.70. The molecular weight excluding hydrogens is 216 g/mol. The van der Waals surface area contributed by atoms with Crippen LogP contribution >= 0.6 is 0 Å². The summed E-state index contributed by atoms with van der Waals surface area (Å²) in [7, 11) is 1.92. The Bertz CT molecular complexity index is 396. The van der Waals surface area contributed by atoms with E-state index in [9.17, 15) is 0 Å². The summed E-state index contributed by atoms with van der Waals surface area (Å²) in [6, 6.07) is 5.71. The number of aromatic nitrogens is 1. The van der Waals surface area contributed by atoms with Crippen LogP contribution in [-0.4, -0.2) is 44.4 Å². The number of anilines is 1. The van der Waals surface area contributed by atoms with Gasteiger partial charge in [-0.25, -0.2) is 4.98 Å². The first-order valence-electron chi connectivity index (χ1n) is 5.71. The van der Waals surface area contributed by atoms with Crippen molar-refractivity contribution >= 4 is 5.69 Å². The lowest BCUT2D eigenvalue weighted by Gasteiger charge is -2.34. The molecule has 2 heterocycles. The van der Waals surface area contributed by atoms with Crippen molar-refractivity contribution in [2.24, 2.45) is 0 Å². The fourth-order valence-electron chi connectivity index (χ4n) is 1.94. The van der Waals surface area contributed by atoms with E-state index in [4.69, 9.17) is 10.00 Å². The van der Waals surface area contributed by atoms with Crippen LogP contribution in [0.5, 0.6) is 0 Å². The molecule has 0 radical (unpaired) electrons. The van der Waals surface area contributed by atoms with Gasteiger partial charge >= 0.3 is 0 Å². The van der Waals surface area contributed by atoms with Crippen LogP contribution in [0.15, 0.2) is 18.3 Å². The topological polar surface area (TPSA) is 61.2 Å². The largest absolute Gasteiger partial charge is 0.373 e. The number of rotatable bonds is 3. The zero-order chi connectivity index (χ0) is 12.1. The number of nitrogens with one attached hydrogen (secondary N) is 1. The van der Waals surface area contributed by atoms with Gasteiger partial charge in [0.25, 0.3) is 0 Å². The van der Waals surface area contributed by atoms with E-state index in [1.54, 1.807) is 12.3 Å². The second-order valence-electron chi connectivity index (χ2n) is 4.01. The van der Waals surface area contributed by atoms with Gasteiger partial charge in [-0.3, -0.25) is 0 Å². The molecule has 1 aromatic heterocycles. The van der Waals surface area contributed by atoms with Crippen molar-refractivity contribution < 1.29 is 4.74 Å². The van der Waals surface area contributed by atoms with E-state index < -0.39 is 0 Å². The molecule has 1 atom stereocenters. The zero-order valence-corrected chi connectivity index (χ0v) is 9.89. The molecule has 0 aliphatic carbocycles. The van der Waals surface area contributed by atoms with Crippen molar-refractivity contribution in [1.82, 2.24) is 10.3 Å². The van der Waals surface area contributed by atoms with Crippen molar-refractivity contribution in [3.05, 3.63) is 24.0 Å². The molecule has 0 saturated carbocycles. The lowest BCUT2D eigenvalue weighted by atomic mass is 10.2. The molecule has 1 fully saturated rings. The zero-order valence-electron chi connectivity index (χ0n) is 9.89. The molecule has 90 valence electrons. The highest BCUT2D eigenvalue weighted by molar-refractivity contribution is 5.46. The Morgan fingerprint density at radius 2 is 2.53 bits per heavy atom. The Morgan fingerprint density at radius 3 is 3.18 bits per heavy atom. The minimum atomic E-state index is 0.212. The second-order valence-corrected chi connectivity index (χ2v) is 4.01. The summed E-state index contributed by atoms with van der Waals surface area (Å²) in [5.41, 5.74) is 1.50. The standard InChI is InChI=1S/C12H16N4O/c1-14-8-12-9-16(4-5-17-12)11-3-2-10(6-13)15-7-11/h2-3,7,12,14H,4-5,8-9H2,1H3. The van der Waals surface area contributed by atoms with Crippen LogP contribution < -0.4 is 10.2 Å². The Morgan fingerprint density at radius 1 is 1.65 bits per heavy atom. The summed E-state index contributed by atoms with van der Waals surface area (Å²) < 4.78 is 5.64. The van der Waals surface area contributed by atoms with Crippen LogP contribution in [0.2, 0.25) is 0 Å². The fourth-order valence-corrected chi connectivity index (χ4v) is 1.94. The number of hydrogen-bond acceptors (Lipinski definition) is 5. The Hall–Kier alpha value is -1.64. The van der Waals surface area contributed by atoms with Crippen LogP contribution in [0.4, 0.5) is 5.69 Å². The third-order valence-electron chi connectivity index (χ3n) is 2.80. The smallest absolute Gasteiger partial charge is 0.140 e. The van der Waals surface area contributed by atoms with Crippen LogP contribution in [0, 0.1) is 11.3 Å². The van der Waals surface area contributed by atoms with Gasteiger partial charge in [0, 0.05) is 19.6 Å². The average molecular weight is 232 g/mol.